The normalized spacial score (nSPS) is 14.7. The molecule has 0 N–H and O–H groups in total. The molecule has 132 valence electrons. The van der Waals surface area contributed by atoms with Crippen molar-refractivity contribution in [2.24, 2.45) is 0 Å². The van der Waals surface area contributed by atoms with Gasteiger partial charge in [-0.05, 0) is 31.7 Å². The second-order valence-corrected chi connectivity index (χ2v) is 6.10. The van der Waals surface area contributed by atoms with Gasteiger partial charge in [-0.25, -0.2) is 4.39 Å². The first-order valence-electron chi connectivity index (χ1n) is 7.92. The number of ether oxygens (including phenoxy) is 2. The Morgan fingerprint density at radius 3 is 2.72 bits per heavy atom. The second kappa shape index (κ2) is 7.16. The molecule has 1 aliphatic heterocycles. The van der Waals surface area contributed by atoms with Gasteiger partial charge < -0.3 is 9.47 Å². The number of nitro groups is 1. The van der Waals surface area contributed by atoms with Crippen molar-refractivity contribution in [3.63, 3.8) is 0 Å². The third kappa shape index (κ3) is 3.78. The van der Waals surface area contributed by atoms with Gasteiger partial charge in [0.05, 0.1) is 11.5 Å². The Kier molecular flexibility index (Phi) is 4.96. The van der Waals surface area contributed by atoms with Crippen LogP contribution in [-0.2, 0) is 17.9 Å². The second-order valence-electron chi connectivity index (χ2n) is 6.10. The molecule has 1 heterocycles. The van der Waals surface area contributed by atoms with Gasteiger partial charge in [-0.15, -0.1) is 0 Å². The molecule has 1 aliphatic rings. The van der Waals surface area contributed by atoms with Crippen LogP contribution < -0.4 is 4.74 Å². The molecule has 0 saturated carbocycles. The number of halogens is 1. The van der Waals surface area contributed by atoms with Crippen LogP contribution in [0.3, 0.4) is 0 Å². The highest BCUT2D eigenvalue weighted by atomic mass is 19.1. The van der Waals surface area contributed by atoms with Crippen molar-refractivity contribution in [1.82, 2.24) is 4.90 Å². The van der Waals surface area contributed by atoms with Gasteiger partial charge in [-0.3, -0.25) is 15.0 Å². The van der Waals surface area contributed by atoms with E-state index < -0.39 is 4.92 Å². The third-order valence-electron chi connectivity index (χ3n) is 4.42. The largest absolute Gasteiger partial charge is 0.467 e. The molecular formula is C18H19FN2O4. The van der Waals surface area contributed by atoms with Crippen LogP contribution in [0.15, 0.2) is 36.4 Å². The summed E-state index contributed by atoms with van der Waals surface area (Å²) in [7, 11) is 1.92. The van der Waals surface area contributed by atoms with Crippen LogP contribution in [0.5, 0.6) is 5.75 Å². The molecule has 2 aromatic carbocycles. The number of nitrogens with zero attached hydrogens (tertiary/aromatic N) is 2. The quantitative estimate of drug-likeness (QED) is 0.609. The molecule has 0 bridgehead atoms. The Morgan fingerprint density at radius 2 is 2.04 bits per heavy atom. The minimum Gasteiger partial charge on any atom is -0.467 e. The van der Waals surface area contributed by atoms with E-state index in [1.54, 1.807) is 12.1 Å². The predicted octanol–water partition coefficient (Wildman–Crippen LogP) is 3.79. The number of non-ortho nitro benzene ring substituents is 1. The number of fused-ring (bicyclic) bond motifs is 1. The van der Waals surface area contributed by atoms with Gasteiger partial charge in [-0.1, -0.05) is 12.1 Å². The van der Waals surface area contributed by atoms with Crippen LogP contribution in [0.2, 0.25) is 0 Å². The molecule has 0 fully saturated rings. The van der Waals surface area contributed by atoms with Crippen molar-refractivity contribution in [3.8, 4) is 5.75 Å². The molecule has 3 rings (SSSR count). The Morgan fingerprint density at radius 1 is 1.32 bits per heavy atom. The molecule has 25 heavy (non-hydrogen) atoms. The van der Waals surface area contributed by atoms with E-state index in [2.05, 4.69) is 0 Å². The van der Waals surface area contributed by atoms with E-state index in [-0.39, 0.29) is 24.3 Å². The van der Waals surface area contributed by atoms with E-state index in [1.165, 1.54) is 24.3 Å². The summed E-state index contributed by atoms with van der Waals surface area (Å²) in [6.45, 7) is 2.89. The van der Waals surface area contributed by atoms with E-state index >= 15 is 0 Å². The van der Waals surface area contributed by atoms with Gasteiger partial charge in [0.25, 0.3) is 5.69 Å². The molecule has 6 nitrogen and oxygen atoms in total. The van der Waals surface area contributed by atoms with E-state index in [1.807, 2.05) is 18.9 Å². The molecule has 0 unspecified atom stereocenters. The van der Waals surface area contributed by atoms with Crippen LogP contribution in [-0.4, -0.2) is 23.7 Å². The zero-order valence-corrected chi connectivity index (χ0v) is 14.1. The minimum atomic E-state index is -0.415. The van der Waals surface area contributed by atoms with Crippen LogP contribution >= 0.6 is 0 Å². The predicted molar refractivity (Wildman–Crippen MR) is 89.7 cm³/mol. The zero-order valence-electron chi connectivity index (χ0n) is 14.1. The molecule has 1 atom stereocenters. The third-order valence-corrected chi connectivity index (χ3v) is 4.42. The number of rotatable bonds is 5. The Balaban J connectivity index is 1.87. The number of nitro benzene ring substituents is 1. The lowest BCUT2D eigenvalue weighted by Gasteiger charge is -2.27. The van der Waals surface area contributed by atoms with Crippen molar-refractivity contribution < 1.29 is 18.8 Å². The SMILES string of the molecule is C[C@@H](c1ccc(F)cc1)N(C)Cc1cc([N+](=O)[O-])cc2c1OCOC2. The molecule has 0 aliphatic carbocycles. The molecule has 7 heteroatoms. The number of hydrogen-bond donors (Lipinski definition) is 0. The maximum atomic E-state index is 13.1. The molecule has 0 radical (unpaired) electrons. The maximum Gasteiger partial charge on any atom is 0.270 e. The molecule has 0 saturated heterocycles. The molecule has 0 spiro atoms. The van der Waals surface area contributed by atoms with Crippen molar-refractivity contribution in [2.75, 3.05) is 13.8 Å². The topological polar surface area (TPSA) is 64.8 Å². The summed E-state index contributed by atoms with van der Waals surface area (Å²) in [5.41, 5.74) is 2.40. The first kappa shape index (κ1) is 17.3. The molecular weight excluding hydrogens is 327 g/mol. The van der Waals surface area contributed by atoms with E-state index in [0.717, 1.165) is 11.1 Å². The highest BCUT2D eigenvalue weighted by molar-refractivity contribution is 5.50. The summed E-state index contributed by atoms with van der Waals surface area (Å²) in [5, 5.41) is 11.2. The first-order valence-corrected chi connectivity index (χ1v) is 7.92. The Hall–Kier alpha value is -2.51. The van der Waals surface area contributed by atoms with Crippen LogP contribution in [0.4, 0.5) is 10.1 Å². The monoisotopic (exact) mass is 346 g/mol. The fraction of sp³-hybridized carbons (Fsp3) is 0.333. The minimum absolute atomic E-state index is 0.00959. The lowest BCUT2D eigenvalue weighted by molar-refractivity contribution is -0.385. The Labute approximate surface area is 144 Å². The van der Waals surface area contributed by atoms with Gasteiger partial charge >= 0.3 is 0 Å². The van der Waals surface area contributed by atoms with Crippen LogP contribution in [0.1, 0.15) is 29.7 Å². The van der Waals surface area contributed by atoms with Crippen LogP contribution in [0.25, 0.3) is 0 Å². The lowest BCUT2D eigenvalue weighted by Crippen LogP contribution is -2.23. The van der Waals surface area contributed by atoms with E-state index in [4.69, 9.17) is 9.47 Å². The van der Waals surface area contributed by atoms with Crippen LogP contribution in [0, 0.1) is 15.9 Å². The van der Waals surface area contributed by atoms with Crippen molar-refractivity contribution in [1.29, 1.82) is 0 Å². The van der Waals surface area contributed by atoms with Gasteiger partial charge in [0.2, 0.25) is 0 Å². The van der Waals surface area contributed by atoms with Crippen molar-refractivity contribution >= 4 is 5.69 Å². The zero-order chi connectivity index (χ0) is 18.0. The standard InChI is InChI=1S/C18H19FN2O4/c1-12(13-3-5-16(19)6-4-13)20(2)9-14-7-17(21(22)23)8-15-10-24-11-25-18(14)15/h3-8,12H,9-11H2,1-2H3/t12-/m0/s1. The van der Waals surface area contributed by atoms with Gasteiger partial charge in [0.15, 0.2) is 6.79 Å². The van der Waals surface area contributed by atoms with E-state index in [0.29, 0.717) is 24.5 Å². The average Bonchev–Trinajstić information content (AvgIpc) is 2.61. The first-order chi connectivity index (χ1) is 12.0. The van der Waals surface area contributed by atoms with Crippen molar-refractivity contribution in [2.45, 2.75) is 26.1 Å². The highest BCUT2D eigenvalue weighted by Crippen LogP contribution is 2.34. The number of hydrogen-bond acceptors (Lipinski definition) is 5. The summed E-state index contributed by atoms with van der Waals surface area (Å²) in [6, 6.07) is 9.37. The fourth-order valence-electron chi connectivity index (χ4n) is 2.91. The molecule has 0 aromatic heterocycles. The summed E-state index contributed by atoms with van der Waals surface area (Å²) in [4.78, 5) is 12.8. The van der Waals surface area contributed by atoms with E-state index in [9.17, 15) is 14.5 Å². The summed E-state index contributed by atoms with van der Waals surface area (Å²) in [5.74, 6) is 0.370. The average molecular weight is 346 g/mol. The summed E-state index contributed by atoms with van der Waals surface area (Å²) in [6.07, 6.45) is 0. The van der Waals surface area contributed by atoms with Crippen molar-refractivity contribution in [3.05, 3.63) is 69.0 Å². The maximum absolute atomic E-state index is 13.1. The lowest BCUT2D eigenvalue weighted by atomic mass is 10.0. The van der Waals surface area contributed by atoms with Gasteiger partial charge in [-0.2, -0.15) is 0 Å². The van der Waals surface area contributed by atoms with Gasteiger partial charge in [0.1, 0.15) is 11.6 Å². The fourth-order valence-corrected chi connectivity index (χ4v) is 2.91. The number of benzene rings is 2. The molecule has 2 aromatic rings. The summed E-state index contributed by atoms with van der Waals surface area (Å²) < 4.78 is 23.9. The highest BCUT2D eigenvalue weighted by Gasteiger charge is 2.23. The Bertz CT molecular complexity index is 779. The molecule has 0 amide bonds. The van der Waals surface area contributed by atoms with Gasteiger partial charge in [0, 0.05) is 35.8 Å². The summed E-state index contributed by atoms with van der Waals surface area (Å²) >= 11 is 0. The smallest absolute Gasteiger partial charge is 0.270 e.